The van der Waals surface area contributed by atoms with Crippen molar-refractivity contribution in [2.75, 3.05) is 0 Å². The molecule has 0 aliphatic rings. The molecule has 2 rings (SSSR count). The van der Waals surface area contributed by atoms with Crippen molar-refractivity contribution in [1.29, 1.82) is 0 Å². The van der Waals surface area contributed by atoms with Gasteiger partial charge in [-0.1, -0.05) is 49.0 Å². The summed E-state index contributed by atoms with van der Waals surface area (Å²) in [6.07, 6.45) is 0.725. The number of carbonyl (C=O) groups excluding carboxylic acids is 3. The highest BCUT2D eigenvalue weighted by atomic mass is 16.5. The summed E-state index contributed by atoms with van der Waals surface area (Å²) in [4.78, 5) is 35.6. The first-order chi connectivity index (χ1) is 10.6. The molecule has 2 aromatic carbocycles. The molecule has 0 aliphatic carbocycles. The summed E-state index contributed by atoms with van der Waals surface area (Å²) >= 11 is 0. The monoisotopic (exact) mass is 294 g/mol. The third-order valence-corrected chi connectivity index (χ3v) is 2.98. The van der Waals surface area contributed by atoms with Crippen molar-refractivity contribution in [3.05, 3.63) is 78.4 Å². The van der Waals surface area contributed by atoms with E-state index in [1.54, 1.807) is 42.5 Å². The number of benzene rings is 2. The Bertz CT molecular complexity index is 717. The van der Waals surface area contributed by atoms with E-state index < -0.39 is 11.8 Å². The molecule has 0 fully saturated rings. The number of rotatable bonds is 6. The highest BCUT2D eigenvalue weighted by molar-refractivity contribution is 6.14. The van der Waals surface area contributed by atoms with Crippen molar-refractivity contribution >= 4 is 17.5 Å². The Kier molecular flexibility index (Phi) is 4.98. The highest BCUT2D eigenvalue weighted by Gasteiger charge is 2.18. The van der Waals surface area contributed by atoms with Gasteiger partial charge in [0.25, 0.3) is 0 Å². The molecule has 22 heavy (non-hydrogen) atoms. The minimum atomic E-state index is -0.658. The van der Waals surface area contributed by atoms with Crippen molar-refractivity contribution in [1.82, 2.24) is 0 Å². The van der Waals surface area contributed by atoms with Crippen LogP contribution in [0.1, 0.15) is 27.1 Å². The number of hydrogen-bond acceptors (Lipinski definition) is 4. The van der Waals surface area contributed by atoms with Crippen molar-refractivity contribution in [3.8, 4) is 5.75 Å². The maximum atomic E-state index is 12.3. The molecule has 0 aliphatic heterocycles. The number of carbonyl (C=O) groups is 3. The first-order valence-electron chi connectivity index (χ1n) is 6.66. The van der Waals surface area contributed by atoms with Gasteiger partial charge in [0, 0.05) is 11.6 Å². The van der Waals surface area contributed by atoms with E-state index in [-0.39, 0.29) is 23.5 Å². The summed E-state index contributed by atoms with van der Waals surface area (Å²) in [5, 5.41) is 0. The van der Waals surface area contributed by atoms with Crippen LogP contribution in [0.2, 0.25) is 0 Å². The first kappa shape index (κ1) is 15.4. The Labute approximate surface area is 128 Å². The standard InChI is InChI=1S/C18H14O4/c1-2-18(21)22-17-11-7-6-10-14(17)16(20)12-15(19)13-8-4-3-5-9-13/h2-11H,1,12H2. The second kappa shape index (κ2) is 7.13. The summed E-state index contributed by atoms with van der Waals surface area (Å²) in [5.74, 6) is -1.22. The lowest BCUT2D eigenvalue weighted by atomic mass is 10.0. The Morgan fingerprint density at radius 1 is 0.909 bits per heavy atom. The molecule has 4 nitrogen and oxygen atoms in total. The summed E-state index contributed by atoms with van der Waals surface area (Å²) < 4.78 is 5.01. The minimum Gasteiger partial charge on any atom is -0.423 e. The van der Waals surface area contributed by atoms with Crippen molar-refractivity contribution in [3.63, 3.8) is 0 Å². The SMILES string of the molecule is C=CC(=O)Oc1ccccc1C(=O)CC(=O)c1ccccc1. The predicted octanol–water partition coefficient (Wildman–Crippen LogP) is 3.23. The van der Waals surface area contributed by atoms with Crippen LogP contribution in [-0.4, -0.2) is 17.5 Å². The van der Waals surface area contributed by atoms with E-state index in [1.165, 1.54) is 12.1 Å². The zero-order valence-corrected chi connectivity index (χ0v) is 11.8. The summed E-state index contributed by atoms with van der Waals surface area (Å²) in [5.41, 5.74) is 0.665. The van der Waals surface area contributed by atoms with Crippen LogP contribution in [0.5, 0.6) is 5.75 Å². The van der Waals surface area contributed by atoms with Gasteiger partial charge in [0.05, 0.1) is 12.0 Å². The molecule has 2 aromatic rings. The zero-order valence-electron chi connectivity index (χ0n) is 11.8. The zero-order chi connectivity index (χ0) is 15.9. The van der Waals surface area contributed by atoms with Crippen LogP contribution in [0.3, 0.4) is 0 Å². The molecule has 0 saturated carbocycles. The maximum absolute atomic E-state index is 12.3. The van der Waals surface area contributed by atoms with Gasteiger partial charge in [-0.2, -0.15) is 0 Å². The Morgan fingerprint density at radius 2 is 1.55 bits per heavy atom. The molecule has 0 heterocycles. The molecule has 0 atom stereocenters. The lowest BCUT2D eigenvalue weighted by Crippen LogP contribution is -2.12. The largest absolute Gasteiger partial charge is 0.423 e. The summed E-state index contributed by atoms with van der Waals surface area (Å²) in [6.45, 7) is 3.31. The van der Waals surface area contributed by atoms with Gasteiger partial charge in [-0.25, -0.2) is 4.79 Å². The normalized spacial score (nSPS) is 9.82. The number of para-hydroxylation sites is 1. The smallest absolute Gasteiger partial charge is 0.335 e. The van der Waals surface area contributed by atoms with Crippen LogP contribution >= 0.6 is 0 Å². The first-order valence-corrected chi connectivity index (χ1v) is 6.66. The van der Waals surface area contributed by atoms with Gasteiger partial charge >= 0.3 is 5.97 Å². The van der Waals surface area contributed by atoms with E-state index in [2.05, 4.69) is 6.58 Å². The van der Waals surface area contributed by atoms with Gasteiger partial charge < -0.3 is 4.74 Å². The van der Waals surface area contributed by atoms with E-state index in [9.17, 15) is 14.4 Å². The molecular formula is C18H14O4. The molecule has 110 valence electrons. The Morgan fingerprint density at radius 3 is 2.23 bits per heavy atom. The number of hydrogen-bond donors (Lipinski definition) is 0. The number of esters is 1. The Balaban J connectivity index is 2.18. The third-order valence-electron chi connectivity index (χ3n) is 2.98. The van der Waals surface area contributed by atoms with E-state index in [1.807, 2.05) is 0 Å². The maximum Gasteiger partial charge on any atom is 0.335 e. The van der Waals surface area contributed by atoms with Crippen LogP contribution in [0.15, 0.2) is 67.3 Å². The number of Topliss-reactive ketones (excluding diaryl/α,β-unsaturated/α-hetero) is 2. The average molecular weight is 294 g/mol. The number of ketones is 2. The molecule has 0 unspecified atom stereocenters. The van der Waals surface area contributed by atoms with Crippen molar-refractivity contribution < 1.29 is 19.1 Å². The molecular weight excluding hydrogens is 280 g/mol. The third kappa shape index (κ3) is 3.76. The molecule has 4 heteroatoms. The molecule has 0 saturated heterocycles. The quantitative estimate of drug-likeness (QED) is 0.270. The fourth-order valence-corrected chi connectivity index (χ4v) is 1.90. The van der Waals surface area contributed by atoms with Crippen molar-refractivity contribution in [2.45, 2.75) is 6.42 Å². The van der Waals surface area contributed by atoms with E-state index in [4.69, 9.17) is 4.74 Å². The van der Waals surface area contributed by atoms with Crippen LogP contribution in [0.4, 0.5) is 0 Å². The lowest BCUT2D eigenvalue weighted by Gasteiger charge is -2.07. The molecule has 0 aromatic heterocycles. The van der Waals surface area contributed by atoms with Gasteiger partial charge in [0.2, 0.25) is 0 Å². The molecule has 0 spiro atoms. The Hall–Kier alpha value is -3.01. The van der Waals surface area contributed by atoms with Gasteiger partial charge in [-0.05, 0) is 12.1 Å². The molecule has 0 radical (unpaired) electrons. The second-order valence-electron chi connectivity index (χ2n) is 4.51. The van der Waals surface area contributed by atoms with Crippen LogP contribution < -0.4 is 4.74 Å². The van der Waals surface area contributed by atoms with Gasteiger partial charge in [0.15, 0.2) is 11.6 Å². The fourth-order valence-electron chi connectivity index (χ4n) is 1.90. The van der Waals surface area contributed by atoms with Gasteiger partial charge in [-0.3, -0.25) is 9.59 Å². The molecule has 0 N–H and O–H groups in total. The van der Waals surface area contributed by atoms with E-state index in [0.717, 1.165) is 6.08 Å². The fraction of sp³-hybridized carbons (Fsp3) is 0.0556. The van der Waals surface area contributed by atoms with Gasteiger partial charge in [0.1, 0.15) is 5.75 Å². The summed E-state index contributed by atoms with van der Waals surface area (Å²) in [7, 11) is 0. The highest BCUT2D eigenvalue weighted by Crippen LogP contribution is 2.21. The van der Waals surface area contributed by atoms with E-state index >= 15 is 0 Å². The molecule has 0 amide bonds. The van der Waals surface area contributed by atoms with Crippen LogP contribution in [-0.2, 0) is 4.79 Å². The lowest BCUT2D eigenvalue weighted by molar-refractivity contribution is -0.128. The predicted molar refractivity (Wildman–Crippen MR) is 82.0 cm³/mol. The summed E-state index contributed by atoms with van der Waals surface area (Å²) in [6, 6.07) is 14.9. The molecule has 0 bridgehead atoms. The van der Waals surface area contributed by atoms with E-state index in [0.29, 0.717) is 5.56 Å². The van der Waals surface area contributed by atoms with Crippen LogP contribution in [0, 0.1) is 0 Å². The average Bonchev–Trinajstić information content (AvgIpc) is 2.55. The van der Waals surface area contributed by atoms with Gasteiger partial charge in [-0.15, -0.1) is 0 Å². The topological polar surface area (TPSA) is 60.4 Å². The second-order valence-corrected chi connectivity index (χ2v) is 4.51. The number of ether oxygens (including phenoxy) is 1. The van der Waals surface area contributed by atoms with Crippen LogP contribution in [0.25, 0.3) is 0 Å². The van der Waals surface area contributed by atoms with Crippen molar-refractivity contribution in [2.24, 2.45) is 0 Å². The minimum absolute atomic E-state index is 0.123.